The van der Waals surface area contributed by atoms with Crippen molar-refractivity contribution in [2.75, 3.05) is 0 Å². The van der Waals surface area contributed by atoms with Crippen molar-refractivity contribution >= 4 is 35.1 Å². The van der Waals surface area contributed by atoms with E-state index in [-0.39, 0.29) is 15.6 Å². The number of hydrogen-bond donors (Lipinski definition) is 4. The summed E-state index contributed by atoms with van der Waals surface area (Å²) in [6.45, 7) is 3.39. The third-order valence-electron chi connectivity index (χ3n) is 6.17. The highest BCUT2D eigenvalue weighted by atomic mass is 35.5. The molecule has 6 nitrogen and oxygen atoms in total. The quantitative estimate of drug-likeness (QED) is 0.546. The third kappa shape index (κ3) is 3.01. The zero-order valence-corrected chi connectivity index (χ0v) is 17.2. The number of benzene rings is 1. The number of carboxylic acids is 2. The second-order valence-electron chi connectivity index (χ2n) is 7.37. The van der Waals surface area contributed by atoms with E-state index in [2.05, 4.69) is 0 Å². The van der Waals surface area contributed by atoms with E-state index < -0.39 is 53.1 Å². The highest BCUT2D eigenvalue weighted by Crippen LogP contribution is 2.63. The fourth-order valence-corrected chi connectivity index (χ4v) is 4.84. The number of alkyl halides is 3. The number of aliphatic carboxylic acids is 2. The predicted molar refractivity (Wildman–Crippen MR) is 98.9 cm³/mol. The Hall–Kier alpha value is -1.55. The Bertz CT molecular complexity index is 851. The summed E-state index contributed by atoms with van der Waals surface area (Å²) in [5.74, 6) is -5.46. The lowest BCUT2D eigenvalue weighted by Gasteiger charge is -2.60. The molecule has 1 saturated heterocycles. The lowest BCUT2D eigenvalue weighted by atomic mass is 9.49. The molecule has 1 aromatic carbocycles. The topological polar surface area (TPSA) is 107 Å². The largest absolute Gasteiger partial charge is 0.481 e. The van der Waals surface area contributed by atoms with Gasteiger partial charge < -0.3 is 15.3 Å². The lowest BCUT2D eigenvalue weighted by Crippen LogP contribution is -2.80. The summed E-state index contributed by atoms with van der Waals surface area (Å²) < 4.78 is 42.2. The summed E-state index contributed by atoms with van der Waals surface area (Å²) in [5.41, 5.74) is -9.27. The highest BCUT2D eigenvalue weighted by Gasteiger charge is 2.79. The maximum absolute atomic E-state index is 14.1. The number of nitrogens with one attached hydrogen (secondary N) is 1. The minimum absolute atomic E-state index is 0.0889. The third-order valence-corrected chi connectivity index (χ3v) is 7.00. The van der Waals surface area contributed by atoms with E-state index in [0.717, 1.165) is 20.8 Å². The second-order valence-corrected chi connectivity index (χ2v) is 8.15. The van der Waals surface area contributed by atoms with Crippen molar-refractivity contribution in [3.8, 4) is 0 Å². The van der Waals surface area contributed by atoms with Gasteiger partial charge in [0.1, 0.15) is 5.41 Å². The molecular weight excluding hydrogens is 438 g/mol. The number of rotatable bonds is 4. The molecular formula is C18H20Cl2F3NO5. The van der Waals surface area contributed by atoms with Crippen molar-refractivity contribution in [1.82, 2.24) is 5.32 Å². The Labute approximate surface area is 174 Å². The van der Waals surface area contributed by atoms with Crippen LogP contribution in [0.25, 0.3) is 0 Å². The van der Waals surface area contributed by atoms with Gasteiger partial charge in [-0.3, -0.25) is 14.9 Å². The molecule has 0 saturated carbocycles. The van der Waals surface area contributed by atoms with E-state index in [4.69, 9.17) is 23.2 Å². The number of piperidine rings is 1. The standard InChI is InChI=1S/C18H20Cl2F3NO5/c1-4-16(14(27)28)12(9-6-5-7-10(19)11(9)20)15(3,13(25)26)8(2)24-17(16,29)18(21,22)23/h5-8,12,24,29H,4H2,1-3H3,(H,25,26)(H,27,28). The van der Waals surface area contributed by atoms with Gasteiger partial charge in [0.25, 0.3) is 0 Å². The highest BCUT2D eigenvalue weighted by molar-refractivity contribution is 6.42. The molecule has 0 aromatic heterocycles. The lowest BCUT2D eigenvalue weighted by molar-refractivity contribution is -0.337. The van der Waals surface area contributed by atoms with Crippen molar-refractivity contribution in [2.45, 2.75) is 51.1 Å². The number of carboxylic acid groups (broad SMARTS) is 2. The average Bonchev–Trinajstić information content (AvgIpc) is 2.59. The molecule has 5 unspecified atom stereocenters. The van der Waals surface area contributed by atoms with E-state index >= 15 is 0 Å². The van der Waals surface area contributed by atoms with Crippen LogP contribution >= 0.6 is 23.2 Å². The molecule has 1 aliphatic heterocycles. The molecule has 0 radical (unpaired) electrons. The first-order valence-corrected chi connectivity index (χ1v) is 9.36. The monoisotopic (exact) mass is 457 g/mol. The summed E-state index contributed by atoms with van der Waals surface area (Å²) in [6.07, 6.45) is -6.20. The van der Waals surface area contributed by atoms with Crippen LogP contribution < -0.4 is 5.32 Å². The normalized spacial score (nSPS) is 35.3. The van der Waals surface area contributed by atoms with Crippen LogP contribution in [0.2, 0.25) is 10.0 Å². The first kappa shape index (κ1) is 23.7. The Balaban J connectivity index is 3.08. The smallest absolute Gasteiger partial charge is 0.432 e. The maximum atomic E-state index is 14.1. The Morgan fingerprint density at radius 1 is 1.21 bits per heavy atom. The first-order valence-electron chi connectivity index (χ1n) is 8.60. The van der Waals surface area contributed by atoms with E-state index in [1.165, 1.54) is 18.2 Å². The minimum Gasteiger partial charge on any atom is -0.481 e. The number of halogens is 5. The van der Waals surface area contributed by atoms with Crippen LogP contribution in [-0.2, 0) is 9.59 Å². The van der Waals surface area contributed by atoms with Crippen LogP contribution in [0.15, 0.2) is 18.2 Å². The van der Waals surface area contributed by atoms with E-state index in [0.29, 0.717) is 0 Å². The van der Waals surface area contributed by atoms with Gasteiger partial charge in [0.05, 0.1) is 15.5 Å². The van der Waals surface area contributed by atoms with Crippen molar-refractivity contribution < 1.29 is 38.1 Å². The molecule has 0 bridgehead atoms. The van der Waals surface area contributed by atoms with Gasteiger partial charge in [0, 0.05) is 12.0 Å². The van der Waals surface area contributed by atoms with Crippen molar-refractivity contribution in [1.29, 1.82) is 0 Å². The summed E-state index contributed by atoms with van der Waals surface area (Å²) in [7, 11) is 0. The van der Waals surface area contributed by atoms with Gasteiger partial charge in [-0.1, -0.05) is 42.3 Å². The molecule has 162 valence electrons. The van der Waals surface area contributed by atoms with Gasteiger partial charge in [-0.05, 0) is 31.9 Å². The van der Waals surface area contributed by atoms with Crippen LogP contribution in [0.1, 0.15) is 38.7 Å². The fourth-order valence-electron chi connectivity index (χ4n) is 4.43. The van der Waals surface area contributed by atoms with Gasteiger partial charge in [-0.25, -0.2) is 0 Å². The Morgan fingerprint density at radius 2 is 1.76 bits per heavy atom. The molecule has 1 aromatic rings. The number of aliphatic hydroxyl groups is 1. The molecule has 0 aliphatic carbocycles. The van der Waals surface area contributed by atoms with Gasteiger partial charge in [0.15, 0.2) is 0 Å². The molecule has 2 rings (SSSR count). The minimum atomic E-state index is -5.45. The number of carbonyl (C=O) groups is 2. The predicted octanol–water partition coefficient (Wildman–Crippen LogP) is 3.89. The van der Waals surface area contributed by atoms with Crippen LogP contribution in [-0.4, -0.2) is 45.2 Å². The average molecular weight is 458 g/mol. The zero-order chi connectivity index (χ0) is 22.6. The summed E-state index contributed by atoms with van der Waals surface area (Å²) in [6, 6.07) is 2.39. The van der Waals surface area contributed by atoms with Gasteiger partial charge in [-0.2, -0.15) is 13.2 Å². The molecule has 1 heterocycles. The van der Waals surface area contributed by atoms with E-state index in [1.54, 1.807) is 0 Å². The van der Waals surface area contributed by atoms with Crippen molar-refractivity contribution in [3.63, 3.8) is 0 Å². The molecule has 0 spiro atoms. The molecule has 1 aliphatic rings. The maximum Gasteiger partial charge on any atom is 0.432 e. The molecule has 4 N–H and O–H groups in total. The molecule has 0 amide bonds. The fraction of sp³-hybridized carbons (Fsp3) is 0.556. The van der Waals surface area contributed by atoms with Crippen molar-refractivity contribution in [2.24, 2.45) is 10.8 Å². The van der Waals surface area contributed by atoms with E-state index in [9.17, 15) is 38.1 Å². The summed E-state index contributed by atoms with van der Waals surface area (Å²) >= 11 is 12.2. The second kappa shape index (κ2) is 7.30. The SMILES string of the molecule is CCC1(C(=O)O)C(c2cccc(Cl)c2Cl)C(C)(C(=O)O)C(C)NC1(O)C(F)(F)F. The molecule has 11 heteroatoms. The molecule has 29 heavy (non-hydrogen) atoms. The van der Waals surface area contributed by atoms with Gasteiger partial charge in [0.2, 0.25) is 5.72 Å². The Morgan fingerprint density at radius 3 is 2.17 bits per heavy atom. The zero-order valence-electron chi connectivity index (χ0n) is 15.6. The van der Waals surface area contributed by atoms with E-state index in [1.807, 2.05) is 5.32 Å². The van der Waals surface area contributed by atoms with Gasteiger partial charge in [-0.15, -0.1) is 0 Å². The van der Waals surface area contributed by atoms with Crippen LogP contribution in [0.5, 0.6) is 0 Å². The van der Waals surface area contributed by atoms with Gasteiger partial charge >= 0.3 is 18.1 Å². The Kier molecular flexibility index (Phi) is 5.97. The van der Waals surface area contributed by atoms with Crippen LogP contribution in [0, 0.1) is 10.8 Å². The molecule has 1 fully saturated rings. The summed E-state index contributed by atoms with van der Waals surface area (Å²) in [5, 5.41) is 32.3. The summed E-state index contributed by atoms with van der Waals surface area (Å²) in [4.78, 5) is 24.7. The van der Waals surface area contributed by atoms with Crippen molar-refractivity contribution in [3.05, 3.63) is 33.8 Å². The molecule has 5 atom stereocenters. The first-order chi connectivity index (χ1) is 13.1. The number of hydrogen-bond acceptors (Lipinski definition) is 4. The van der Waals surface area contributed by atoms with Crippen LogP contribution in [0.3, 0.4) is 0 Å². The van der Waals surface area contributed by atoms with Crippen LogP contribution in [0.4, 0.5) is 13.2 Å².